The van der Waals surface area contributed by atoms with Crippen LogP contribution in [0.3, 0.4) is 0 Å². The highest BCUT2D eigenvalue weighted by Crippen LogP contribution is 2.41. The van der Waals surface area contributed by atoms with Gasteiger partial charge in [-0.3, -0.25) is 4.79 Å². The highest BCUT2D eigenvalue weighted by atomic mass is 32.2. The maximum atomic E-state index is 13.3. The van der Waals surface area contributed by atoms with Crippen molar-refractivity contribution in [2.45, 2.75) is 36.7 Å². The quantitative estimate of drug-likeness (QED) is 0.555. The van der Waals surface area contributed by atoms with E-state index in [2.05, 4.69) is 15.0 Å². The minimum absolute atomic E-state index is 0.0181. The van der Waals surface area contributed by atoms with Crippen molar-refractivity contribution in [3.63, 3.8) is 0 Å². The van der Waals surface area contributed by atoms with Crippen LogP contribution in [0.4, 0.5) is 4.39 Å². The predicted molar refractivity (Wildman–Crippen MR) is 112 cm³/mol. The van der Waals surface area contributed by atoms with Gasteiger partial charge in [0.2, 0.25) is 10.0 Å². The minimum Gasteiger partial charge on any atom is -0.347 e. The van der Waals surface area contributed by atoms with Crippen LogP contribution >= 0.6 is 11.3 Å². The molecule has 0 radical (unpaired) electrons. The lowest BCUT2D eigenvalue weighted by Gasteiger charge is -2.09. The van der Waals surface area contributed by atoms with Gasteiger partial charge in [0.15, 0.2) is 0 Å². The molecule has 1 amide bonds. The first-order valence-corrected chi connectivity index (χ1v) is 11.8. The van der Waals surface area contributed by atoms with Crippen LogP contribution in [0.5, 0.6) is 0 Å². The average molecular weight is 446 g/mol. The molecule has 2 aromatic carbocycles. The number of sulfonamides is 1. The maximum absolute atomic E-state index is 13.3. The molecule has 0 spiro atoms. The van der Waals surface area contributed by atoms with Gasteiger partial charge >= 0.3 is 0 Å². The molecule has 0 aliphatic heterocycles. The molecular weight excluding hydrogens is 425 g/mol. The number of aromatic nitrogens is 1. The van der Waals surface area contributed by atoms with E-state index in [9.17, 15) is 17.6 Å². The van der Waals surface area contributed by atoms with Gasteiger partial charge in [0.25, 0.3) is 5.91 Å². The summed E-state index contributed by atoms with van der Waals surface area (Å²) in [6, 6.07) is 12.1. The molecule has 1 aromatic heterocycles. The molecule has 1 saturated carbocycles. The summed E-state index contributed by atoms with van der Waals surface area (Å²) in [5.41, 5.74) is 1.18. The van der Waals surface area contributed by atoms with Crippen LogP contribution in [-0.2, 0) is 23.1 Å². The molecule has 0 atom stereocenters. The summed E-state index contributed by atoms with van der Waals surface area (Å²) in [4.78, 5) is 17.3. The number of hydrogen-bond donors (Lipinski definition) is 2. The van der Waals surface area contributed by atoms with E-state index in [1.165, 1.54) is 41.7 Å². The fourth-order valence-electron chi connectivity index (χ4n) is 2.91. The van der Waals surface area contributed by atoms with Gasteiger partial charge in [-0.25, -0.2) is 22.5 Å². The van der Waals surface area contributed by atoms with Gasteiger partial charge in [-0.05, 0) is 48.2 Å². The van der Waals surface area contributed by atoms with Crippen molar-refractivity contribution in [3.8, 4) is 0 Å². The van der Waals surface area contributed by atoms with Gasteiger partial charge < -0.3 is 5.32 Å². The van der Waals surface area contributed by atoms with Gasteiger partial charge in [0.1, 0.15) is 10.7 Å². The molecule has 1 fully saturated rings. The first-order valence-electron chi connectivity index (χ1n) is 9.48. The molecule has 1 aliphatic rings. The second-order valence-corrected chi connectivity index (χ2v) is 9.95. The largest absolute Gasteiger partial charge is 0.347 e. The van der Waals surface area contributed by atoms with E-state index in [1.54, 1.807) is 24.4 Å². The van der Waals surface area contributed by atoms with Crippen molar-refractivity contribution < 1.29 is 17.6 Å². The Hall–Kier alpha value is -2.62. The lowest BCUT2D eigenvalue weighted by Crippen LogP contribution is -2.24. The maximum Gasteiger partial charge on any atom is 0.263 e. The number of amides is 1. The molecule has 0 unspecified atom stereocenters. The minimum atomic E-state index is -3.78. The third kappa shape index (κ3) is 5.10. The van der Waals surface area contributed by atoms with Crippen molar-refractivity contribution in [2.24, 2.45) is 0 Å². The molecule has 0 bridgehead atoms. The van der Waals surface area contributed by atoms with Crippen LogP contribution in [0.15, 0.2) is 59.6 Å². The summed E-state index contributed by atoms with van der Waals surface area (Å²) >= 11 is 1.40. The van der Waals surface area contributed by atoms with E-state index in [0.29, 0.717) is 21.9 Å². The Morgan fingerprint density at radius 1 is 1.10 bits per heavy atom. The molecule has 156 valence electrons. The summed E-state index contributed by atoms with van der Waals surface area (Å²) in [5, 5.41) is 3.80. The molecule has 6 nitrogen and oxygen atoms in total. The molecule has 9 heteroatoms. The van der Waals surface area contributed by atoms with Gasteiger partial charge in [0.05, 0.1) is 16.1 Å². The van der Waals surface area contributed by atoms with Gasteiger partial charge in [0, 0.05) is 19.0 Å². The number of rotatable bonds is 8. The zero-order chi connectivity index (χ0) is 21.1. The zero-order valence-corrected chi connectivity index (χ0v) is 17.6. The highest BCUT2D eigenvalue weighted by Gasteiger charge is 2.27. The summed E-state index contributed by atoms with van der Waals surface area (Å²) in [7, 11) is -3.78. The Kier molecular flexibility index (Phi) is 5.94. The second kappa shape index (κ2) is 8.63. The summed E-state index contributed by atoms with van der Waals surface area (Å²) in [6.07, 6.45) is 3.84. The monoisotopic (exact) mass is 445 g/mol. The van der Waals surface area contributed by atoms with Crippen molar-refractivity contribution in [1.82, 2.24) is 15.0 Å². The van der Waals surface area contributed by atoms with E-state index in [4.69, 9.17) is 0 Å². The average Bonchev–Trinajstić information content (AvgIpc) is 3.47. The van der Waals surface area contributed by atoms with Crippen LogP contribution in [0.2, 0.25) is 0 Å². The van der Waals surface area contributed by atoms with Crippen molar-refractivity contribution >= 4 is 27.3 Å². The summed E-state index contributed by atoms with van der Waals surface area (Å²) < 4.78 is 40.9. The van der Waals surface area contributed by atoms with Gasteiger partial charge in [-0.1, -0.05) is 24.3 Å². The molecule has 30 heavy (non-hydrogen) atoms. The van der Waals surface area contributed by atoms with Crippen LogP contribution in [-0.4, -0.2) is 19.3 Å². The predicted octanol–water partition coefficient (Wildman–Crippen LogP) is 3.57. The van der Waals surface area contributed by atoms with E-state index < -0.39 is 15.8 Å². The lowest BCUT2D eigenvalue weighted by atomic mass is 10.2. The smallest absolute Gasteiger partial charge is 0.263 e. The van der Waals surface area contributed by atoms with Crippen LogP contribution in [0.25, 0.3) is 0 Å². The Balaban J connectivity index is 1.38. The Labute approximate surface area is 178 Å². The van der Waals surface area contributed by atoms with E-state index in [-0.39, 0.29) is 23.9 Å². The van der Waals surface area contributed by atoms with Gasteiger partial charge in [-0.15, -0.1) is 11.3 Å². The van der Waals surface area contributed by atoms with E-state index >= 15 is 0 Å². The summed E-state index contributed by atoms with van der Waals surface area (Å²) in [6.45, 7) is 0.179. The first kappa shape index (κ1) is 20.6. The van der Waals surface area contributed by atoms with E-state index in [0.717, 1.165) is 17.8 Å². The Morgan fingerprint density at radius 3 is 2.57 bits per heavy atom. The van der Waals surface area contributed by atoms with Crippen LogP contribution in [0.1, 0.15) is 44.6 Å². The van der Waals surface area contributed by atoms with Crippen LogP contribution < -0.4 is 10.0 Å². The Morgan fingerprint density at radius 2 is 1.83 bits per heavy atom. The number of benzene rings is 2. The molecule has 4 rings (SSSR count). The second-order valence-electron chi connectivity index (χ2n) is 7.12. The fourth-order valence-corrected chi connectivity index (χ4v) is 5.00. The fraction of sp³-hybridized carbons (Fsp3) is 0.238. The van der Waals surface area contributed by atoms with Crippen molar-refractivity contribution in [3.05, 3.63) is 81.6 Å². The van der Waals surface area contributed by atoms with Crippen molar-refractivity contribution in [2.75, 3.05) is 0 Å². The third-order valence-corrected chi connectivity index (χ3v) is 7.25. The molecule has 0 saturated heterocycles. The normalized spacial score (nSPS) is 13.9. The Bertz CT molecular complexity index is 1170. The number of carbonyl (C=O) groups is 1. The van der Waals surface area contributed by atoms with Crippen LogP contribution in [0, 0.1) is 5.82 Å². The zero-order valence-electron chi connectivity index (χ0n) is 16.0. The van der Waals surface area contributed by atoms with E-state index in [1.807, 2.05) is 0 Å². The number of thiazole rings is 1. The highest BCUT2D eigenvalue weighted by molar-refractivity contribution is 7.89. The lowest BCUT2D eigenvalue weighted by molar-refractivity contribution is 0.0954. The number of hydrogen-bond acceptors (Lipinski definition) is 5. The van der Waals surface area contributed by atoms with Gasteiger partial charge in [-0.2, -0.15) is 0 Å². The number of nitrogens with zero attached hydrogens (tertiary/aromatic N) is 1. The van der Waals surface area contributed by atoms with Crippen molar-refractivity contribution in [1.29, 1.82) is 0 Å². The number of halogens is 1. The summed E-state index contributed by atoms with van der Waals surface area (Å²) in [5.74, 6) is -0.148. The molecular formula is C21H20FN3O3S2. The molecule has 1 aliphatic carbocycles. The molecule has 1 heterocycles. The topological polar surface area (TPSA) is 88.2 Å². The number of carbonyl (C=O) groups excluding carboxylic acids is 1. The molecule has 2 N–H and O–H groups in total. The standard InChI is InChI=1S/C21H20FN3O3S2/c22-17-5-1-3-14(9-17)12-25-30(27,28)18-6-2-4-15(10-18)11-23-20(26)19-13-24-21(29-19)16-7-8-16/h1-6,9-10,13,16,25H,7-8,11-12H2,(H,23,26). The SMILES string of the molecule is O=C(NCc1cccc(S(=O)(=O)NCc2cccc(F)c2)c1)c1cnc(C2CC2)s1. The molecule has 3 aromatic rings. The first-order chi connectivity index (χ1) is 14.4. The number of nitrogens with one attached hydrogen (secondary N) is 2. The third-order valence-electron chi connectivity index (χ3n) is 4.69.